The van der Waals surface area contributed by atoms with Gasteiger partial charge in [-0.2, -0.15) is 0 Å². The first kappa shape index (κ1) is 13.0. The van der Waals surface area contributed by atoms with E-state index in [2.05, 4.69) is 23.7 Å². The highest BCUT2D eigenvalue weighted by molar-refractivity contribution is 7.09. The van der Waals surface area contributed by atoms with E-state index in [4.69, 9.17) is 5.73 Å². The minimum Gasteiger partial charge on any atom is -0.329 e. The van der Waals surface area contributed by atoms with Crippen LogP contribution in [0, 0.1) is 5.92 Å². The summed E-state index contributed by atoms with van der Waals surface area (Å²) in [5, 5.41) is 0. The SMILES string of the molecule is CCC1CCN(C(C)c2cncs2)C(CN)C1. The van der Waals surface area contributed by atoms with Crippen molar-refractivity contribution in [1.82, 2.24) is 9.88 Å². The number of hydrogen-bond donors (Lipinski definition) is 1. The molecule has 0 aliphatic carbocycles. The van der Waals surface area contributed by atoms with Crippen LogP contribution < -0.4 is 5.73 Å². The van der Waals surface area contributed by atoms with E-state index < -0.39 is 0 Å². The first-order chi connectivity index (χ1) is 8.26. The fraction of sp³-hybridized carbons (Fsp3) is 0.769. The summed E-state index contributed by atoms with van der Waals surface area (Å²) in [5.41, 5.74) is 7.87. The maximum atomic E-state index is 5.95. The van der Waals surface area contributed by atoms with Gasteiger partial charge in [0.1, 0.15) is 0 Å². The van der Waals surface area contributed by atoms with Crippen molar-refractivity contribution in [3.8, 4) is 0 Å². The van der Waals surface area contributed by atoms with Gasteiger partial charge in [0.15, 0.2) is 0 Å². The van der Waals surface area contributed by atoms with Gasteiger partial charge in [-0.05, 0) is 32.2 Å². The predicted molar refractivity (Wildman–Crippen MR) is 73.1 cm³/mol. The van der Waals surface area contributed by atoms with Crippen LogP contribution in [0.4, 0.5) is 0 Å². The van der Waals surface area contributed by atoms with Crippen LogP contribution in [0.2, 0.25) is 0 Å². The Labute approximate surface area is 108 Å². The zero-order valence-electron chi connectivity index (χ0n) is 10.8. The average Bonchev–Trinajstić information content (AvgIpc) is 2.91. The highest BCUT2D eigenvalue weighted by atomic mass is 32.1. The summed E-state index contributed by atoms with van der Waals surface area (Å²) >= 11 is 1.75. The Morgan fingerprint density at radius 1 is 1.65 bits per heavy atom. The third kappa shape index (κ3) is 2.87. The molecule has 0 amide bonds. The van der Waals surface area contributed by atoms with E-state index in [0.29, 0.717) is 12.1 Å². The summed E-state index contributed by atoms with van der Waals surface area (Å²) < 4.78 is 0. The summed E-state index contributed by atoms with van der Waals surface area (Å²) in [4.78, 5) is 8.11. The van der Waals surface area contributed by atoms with Crippen LogP contribution in [0.3, 0.4) is 0 Å². The number of rotatable bonds is 4. The number of nitrogens with zero attached hydrogens (tertiary/aromatic N) is 2. The van der Waals surface area contributed by atoms with Crippen LogP contribution in [0.1, 0.15) is 44.0 Å². The maximum Gasteiger partial charge on any atom is 0.0794 e. The summed E-state index contributed by atoms with van der Waals surface area (Å²) in [5.74, 6) is 0.869. The van der Waals surface area contributed by atoms with E-state index >= 15 is 0 Å². The van der Waals surface area contributed by atoms with E-state index in [1.165, 1.54) is 30.7 Å². The number of piperidine rings is 1. The average molecular weight is 253 g/mol. The Hall–Kier alpha value is -0.450. The highest BCUT2D eigenvalue weighted by Crippen LogP contribution is 2.32. The Morgan fingerprint density at radius 2 is 2.47 bits per heavy atom. The number of likely N-dealkylation sites (tertiary alicyclic amines) is 1. The first-order valence-electron chi connectivity index (χ1n) is 6.60. The van der Waals surface area contributed by atoms with E-state index in [1.54, 1.807) is 11.3 Å². The standard InChI is InChI=1S/C13H23N3S/c1-3-11-4-5-16(12(6-11)7-14)10(2)13-8-15-9-17-13/h8-12H,3-7,14H2,1-2H3. The van der Waals surface area contributed by atoms with Gasteiger partial charge in [-0.1, -0.05) is 13.3 Å². The van der Waals surface area contributed by atoms with Gasteiger partial charge in [-0.15, -0.1) is 11.3 Å². The van der Waals surface area contributed by atoms with E-state index in [1.807, 2.05) is 11.7 Å². The third-order valence-electron chi connectivity index (χ3n) is 4.08. The molecule has 0 bridgehead atoms. The minimum absolute atomic E-state index is 0.467. The fourth-order valence-electron chi connectivity index (χ4n) is 2.86. The second-order valence-electron chi connectivity index (χ2n) is 5.01. The first-order valence-corrected chi connectivity index (χ1v) is 7.48. The van der Waals surface area contributed by atoms with Crippen molar-refractivity contribution in [3.63, 3.8) is 0 Å². The van der Waals surface area contributed by atoms with Gasteiger partial charge >= 0.3 is 0 Å². The topological polar surface area (TPSA) is 42.2 Å². The molecule has 3 atom stereocenters. The van der Waals surface area contributed by atoms with Crippen molar-refractivity contribution < 1.29 is 0 Å². The lowest BCUT2D eigenvalue weighted by atomic mass is 9.88. The lowest BCUT2D eigenvalue weighted by Gasteiger charge is -2.42. The molecule has 2 heterocycles. The second-order valence-corrected chi connectivity index (χ2v) is 5.92. The van der Waals surface area contributed by atoms with Gasteiger partial charge in [-0.3, -0.25) is 9.88 Å². The molecule has 3 nitrogen and oxygen atoms in total. The van der Waals surface area contributed by atoms with Gasteiger partial charge in [0.05, 0.1) is 5.51 Å². The van der Waals surface area contributed by atoms with Gasteiger partial charge in [0, 0.05) is 29.7 Å². The molecule has 0 saturated carbocycles. The van der Waals surface area contributed by atoms with E-state index in [9.17, 15) is 0 Å². The van der Waals surface area contributed by atoms with Gasteiger partial charge in [-0.25, -0.2) is 0 Å². The molecule has 1 aliphatic rings. The molecule has 0 aromatic carbocycles. The maximum absolute atomic E-state index is 5.95. The molecule has 4 heteroatoms. The van der Waals surface area contributed by atoms with Gasteiger partial charge in [0.25, 0.3) is 0 Å². The van der Waals surface area contributed by atoms with Crippen LogP contribution in [-0.4, -0.2) is 29.0 Å². The van der Waals surface area contributed by atoms with Crippen molar-refractivity contribution >= 4 is 11.3 Å². The Morgan fingerprint density at radius 3 is 3.06 bits per heavy atom. The smallest absolute Gasteiger partial charge is 0.0794 e. The molecule has 0 spiro atoms. The molecule has 0 radical (unpaired) electrons. The molecular weight excluding hydrogens is 230 g/mol. The van der Waals surface area contributed by atoms with Crippen molar-refractivity contribution in [2.45, 2.75) is 45.2 Å². The van der Waals surface area contributed by atoms with Crippen LogP contribution in [0.15, 0.2) is 11.7 Å². The number of nitrogens with two attached hydrogens (primary N) is 1. The third-order valence-corrected chi connectivity index (χ3v) is 5.03. The zero-order chi connectivity index (χ0) is 12.3. The molecule has 2 N–H and O–H groups in total. The van der Waals surface area contributed by atoms with E-state index in [0.717, 1.165) is 12.5 Å². The highest BCUT2D eigenvalue weighted by Gasteiger charge is 2.30. The molecule has 1 aliphatic heterocycles. The monoisotopic (exact) mass is 253 g/mol. The van der Waals surface area contributed by atoms with E-state index in [-0.39, 0.29) is 0 Å². The molecule has 17 heavy (non-hydrogen) atoms. The molecule has 2 rings (SSSR count). The molecule has 1 saturated heterocycles. The van der Waals surface area contributed by atoms with Gasteiger partial charge in [0.2, 0.25) is 0 Å². The molecule has 1 aromatic rings. The Balaban J connectivity index is 2.04. The van der Waals surface area contributed by atoms with Crippen LogP contribution in [0.5, 0.6) is 0 Å². The predicted octanol–water partition coefficient (Wildman–Crippen LogP) is 2.65. The molecule has 96 valence electrons. The molecule has 1 fully saturated rings. The largest absolute Gasteiger partial charge is 0.329 e. The number of hydrogen-bond acceptors (Lipinski definition) is 4. The summed E-state index contributed by atoms with van der Waals surface area (Å²) in [7, 11) is 0. The molecule has 1 aromatic heterocycles. The Bertz CT molecular complexity index is 325. The van der Waals surface area contributed by atoms with Crippen LogP contribution in [0.25, 0.3) is 0 Å². The zero-order valence-corrected chi connectivity index (χ0v) is 11.6. The normalized spacial score (nSPS) is 28.2. The van der Waals surface area contributed by atoms with Crippen LogP contribution >= 0.6 is 11.3 Å². The second kappa shape index (κ2) is 5.94. The van der Waals surface area contributed by atoms with Gasteiger partial charge < -0.3 is 5.73 Å². The number of thiazole rings is 1. The molecule has 3 unspecified atom stereocenters. The Kier molecular flexibility index (Phi) is 4.54. The summed E-state index contributed by atoms with van der Waals surface area (Å²) in [6.07, 6.45) is 5.86. The minimum atomic E-state index is 0.467. The fourth-order valence-corrected chi connectivity index (χ4v) is 3.56. The summed E-state index contributed by atoms with van der Waals surface area (Å²) in [6, 6.07) is 1.01. The lowest BCUT2D eigenvalue weighted by molar-refractivity contribution is 0.0786. The van der Waals surface area contributed by atoms with Crippen molar-refractivity contribution in [2.24, 2.45) is 11.7 Å². The van der Waals surface area contributed by atoms with Crippen molar-refractivity contribution in [2.75, 3.05) is 13.1 Å². The van der Waals surface area contributed by atoms with Crippen molar-refractivity contribution in [3.05, 3.63) is 16.6 Å². The summed E-state index contributed by atoms with van der Waals surface area (Å²) in [6.45, 7) is 6.53. The quantitative estimate of drug-likeness (QED) is 0.897. The van der Waals surface area contributed by atoms with Crippen molar-refractivity contribution in [1.29, 1.82) is 0 Å². The lowest BCUT2D eigenvalue weighted by Crippen LogP contribution is -2.47. The number of aromatic nitrogens is 1. The molecular formula is C13H23N3S. The van der Waals surface area contributed by atoms with Crippen LogP contribution in [-0.2, 0) is 0 Å².